The second-order valence-electron chi connectivity index (χ2n) is 9.78. The number of nitrogens with one attached hydrogen (secondary N) is 3. The summed E-state index contributed by atoms with van der Waals surface area (Å²) in [4.78, 5) is 44.0. The maximum atomic E-state index is 15.1. The molecule has 0 saturated carbocycles. The van der Waals surface area contributed by atoms with E-state index in [1.807, 2.05) is 0 Å². The second-order valence-corrected chi connectivity index (χ2v) is 9.78. The molecule has 4 rings (SSSR count). The average Bonchev–Trinajstić information content (AvgIpc) is 3.28. The number of benzene rings is 1. The second kappa shape index (κ2) is 11.2. The standard InChI is InChI=1S/C26H30FN7O5/c1-13(2)33-11-17(25(37)34(14(3)4)26(33)38)24(36)30-16-6-7-19(18(27)10-16)39-20-8-9-28-22-21(20)23(32-31-22)29-15(5)12-35/h6-11,13-15,17,35H,12H2,1-5H3,(H2-,28,29,30,31,32,36)/p+1/t15-,17?/m1/s1. The number of urea groups is 1. The number of aromatic nitrogens is 3. The van der Waals surface area contributed by atoms with Gasteiger partial charge in [-0.05, 0) is 46.8 Å². The number of H-pyrrole nitrogens is 1. The van der Waals surface area contributed by atoms with Crippen LogP contribution in [0.3, 0.4) is 0 Å². The van der Waals surface area contributed by atoms with Crippen molar-refractivity contribution in [2.24, 2.45) is 5.92 Å². The first-order chi connectivity index (χ1) is 18.5. The molecule has 2 atom stereocenters. The Labute approximate surface area is 223 Å². The number of aliphatic hydroxyl groups is 1. The van der Waals surface area contributed by atoms with E-state index in [0.29, 0.717) is 16.9 Å². The highest BCUT2D eigenvalue weighted by atomic mass is 19.1. The molecule has 1 aliphatic heterocycles. The van der Waals surface area contributed by atoms with Gasteiger partial charge < -0.3 is 20.5 Å². The van der Waals surface area contributed by atoms with Crippen LogP contribution in [-0.4, -0.2) is 78.6 Å². The van der Waals surface area contributed by atoms with Crippen molar-refractivity contribution in [3.05, 3.63) is 36.3 Å². The van der Waals surface area contributed by atoms with Crippen LogP contribution in [0.15, 0.2) is 30.5 Å². The third kappa shape index (κ3) is 5.58. The Kier molecular flexibility index (Phi) is 7.90. The molecule has 3 aromatic rings. The zero-order valence-corrected chi connectivity index (χ0v) is 22.2. The lowest BCUT2D eigenvalue weighted by molar-refractivity contribution is -0.469. The van der Waals surface area contributed by atoms with Crippen LogP contribution < -0.4 is 15.4 Å². The first-order valence-corrected chi connectivity index (χ1v) is 12.5. The zero-order chi connectivity index (χ0) is 28.4. The van der Waals surface area contributed by atoms with Gasteiger partial charge in [0.25, 0.3) is 0 Å². The predicted octanol–water partition coefficient (Wildman–Crippen LogP) is 3.10. The number of anilines is 2. The van der Waals surface area contributed by atoms with Crippen LogP contribution in [0.2, 0.25) is 0 Å². The number of hydrogen-bond donors (Lipinski definition) is 4. The highest BCUT2D eigenvalue weighted by Crippen LogP contribution is 2.34. The lowest BCUT2D eigenvalue weighted by Crippen LogP contribution is -2.57. The first-order valence-electron chi connectivity index (χ1n) is 12.5. The number of aliphatic hydroxyl groups excluding tert-OH is 1. The topological polar surface area (TPSA) is 153 Å². The van der Waals surface area contributed by atoms with Crippen LogP contribution in [0.1, 0.15) is 34.6 Å². The van der Waals surface area contributed by atoms with Gasteiger partial charge in [0.2, 0.25) is 5.91 Å². The fraction of sp³-hybridized carbons (Fsp3) is 0.385. The Morgan fingerprint density at radius 3 is 2.59 bits per heavy atom. The van der Waals surface area contributed by atoms with Gasteiger partial charge in [-0.2, -0.15) is 19.4 Å². The predicted molar refractivity (Wildman–Crippen MR) is 141 cm³/mol. The Balaban J connectivity index is 1.56. The molecule has 4 amide bonds. The number of hydrogen-bond acceptors (Lipinski definition) is 8. The minimum absolute atomic E-state index is 0.109. The summed E-state index contributed by atoms with van der Waals surface area (Å²) < 4.78 is 22.3. The maximum Gasteiger partial charge on any atom is 0.500 e. The summed E-state index contributed by atoms with van der Waals surface area (Å²) in [7, 11) is 0. The largest absolute Gasteiger partial charge is 0.500 e. The van der Waals surface area contributed by atoms with Gasteiger partial charge in [-0.1, -0.05) is 0 Å². The van der Waals surface area contributed by atoms with Crippen molar-refractivity contribution in [3.8, 4) is 11.5 Å². The van der Waals surface area contributed by atoms with Crippen LogP contribution in [0.4, 0.5) is 20.7 Å². The van der Waals surface area contributed by atoms with Crippen LogP contribution in [0.5, 0.6) is 11.5 Å². The Morgan fingerprint density at radius 2 is 1.95 bits per heavy atom. The van der Waals surface area contributed by atoms with E-state index < -0.39 is 35.6 Å². The minimum Gasteiger partial charge on any atom is -0.453 e. The van der Waals surface area contributed by atoms with E-state index in [9.17, 15) is 19.5 Å². The van der Waals surface area contributed by atoms with Gasteiger partial charge in [0, 0.05) is 30.1 Å². The van der Waals surface area contributed by atoms with Crippen LogP contribution >= 0.6 is 0 Å². The normalized spacial score (nSPS) is 16.6. The summed E-state index contributed by atoms with van der Waals surface area (Å²) >= 11 is 0. The van der Waals surface area contributed by atoms with Gasteiger partial charge in [-0.3, -0.25) is 9.89 Å². The fourth-order valence-electron chi connectivity index (χ4n) is 4.10. The summed E-state index contributed by atoms with van der Waals surface area (Å²) in [5.74, 6) is -2.83. The fourth-order valence-corrected chi connectivity index (χ4v) is 4.10. The summed E-state index contributed by atoms with van der Waals surface area (Å²) in [6, 6.07) is 3.91. The molecule has 12 nitrogen and oxygen atoms in total. The molecule has 206 valence electrons. The number of nitrogens with zero attached hydrogens (tertiary/aromatic N) is 4. The van der Waals surface area contributed by atoms with Crippen LogP contribution in [-0.2, 0) is 9.59 Å². The van der Waals surface area contributed by atoms with Crippen molar-refractivity contribution >= 4 is 46.6 Å². The Hall–Kier alpha value is -4.39. The number of halogens is 1. The highest BCUT2D eigenvalue weighted by molar-refractivity contribution is 6.20. The number of carbonyl (C=O) groups excluding carboxylic acids is 3. The van der Waals surface area contributed by atoms with Crippen molar-refractivity contribution in [2.45, 2.75) is 52.7 Å². The van der Waals surface area contributed by atoms with E-state index in [-0.39, 0.29) is 35.9 Å². The van der Waals surface area contributed by atoms with E-state index in [0.717, 1.165) is 11.0 Å². The maximum absolute atomic E-state index is 15.1. The van der Waals surface area contributed by atoms with E-state index in [2.05, 4.69) is 25.8 Å². The molecular formula is C26H31FN7O5+. The zero-order valence-electron chi connectivity index (χ0n) is 22.2. The Morgan fingerprint density at radius 1 is 1.21 bits per heavy atom. The summed E-state index contributed by atoms with van der Waals surface area (Å²) in [6.07, 6.45) is 2.78. The molecule has 39 heavy (non-hydrogen) atoms. The lowest BCUT2D eigenvalue weighted by Gasteiger charge is -2.26. The molecule has 0 spiro atoms. The van der Waals surface area contributed by atoms with Gasteiger partial charge in [0.05, 0.1) is 18.9 Å². The lowest BCUT2D eigenvalue weighted by atomic mass is 10.0. The van der Waals surface area contributed by atoms with E-state index >= 15 is 4.39 Å². The van der Waals surface area contributed by atoms with E-state index in [1.54, 1.807) is 40.7 Å². The molecule has 3 heterocycles. The third-order valence-electron chi connectivity index (χ3n) is 6.09. The molecule has 13 heteroatoms. The molecule has 0 bridgehead atoms. The number of carbonyl (C=O) groups is 3. The molecule has 1 aliphatic rings. The molecule has 2 aromatic heterocycles. The summed E-state index contributed by atoms with van der Waals surface area (Å²) in [5.41, 5.74) is 0.514. The Bertz CT molecular complexity index is 1450. The van der Waals surface area contributed by atoms with Crippen LogP contribution in [0, 0.1) is 11.7 Å². The van der Waals surface area contributed by atoms with Gasteiger partial charge >= 0.3 is 11.9 Å². The van der Waals surface area contributed by atoms with Crippen molar-refractivity contribution < 1.29 is 33.2 Å². The molecule has 0 saturated heterocycles. The number of pyridine rings is 1. The van der Waals surface area contributed by atoms with Gasteiger partial charge in [-0.25, -0.2) is 14.2 Å². The third-order valence-corrected chi connectivity index (χ3v) is 6.09. The van der Waals surface area contributed by atoms with E-state index in [4.69, 9.17) is 4.74 Å². The van der Waals surface area contributed by atoms with Crippen molar-refractivity contribution in [1.29, 1.82) is 0 Å². The smallest absolute Gasteiger partial charge is 0.453 e. The number of fused-ring (bicyclic) bond motifs is 1. The van der Waals surface area contributed by atoms with Gasteiger partial charge in [-0.15, -0.1) is 0 Å². The molecule has 1 aromatic carbocycles. The molecule has 0 fully saturated rings. The monoisotopic (exact) mass is 540 g/mol. The van der Waals surface area contributed by atoms with Crippen molar-refractivity contribution in [2.75, 3.05) is 17.2 Å². The minimum atomic E-state index is -1.26. The molecule has 4 N–H and O–H groups in total. The summed E-state index contributed by atoms with van der Waals surface area (Å²) in [6.45, 7) is 8.57. The summed E-state index contributed by atoms with van der Waals surface area (Å²) in [5, 5.41) is 22.3. The SMILES string of the molecule is CC(C)N1C(=O)C(C(=O)Nc2ccc(Oc3ccnc4[nH]nc(N[C@H](C)CO)c34)c(F)c2)C=[N+](C(C)C)C1=O. The number of imide groups is 1. The highest BCUT2D eigenvalue weighted by Gasteiger charge is 2.48. The van der Waals surface area contributed by atoms with Gasteiger partial charge in [0.1, 0.15) is 17.2 Å². The first kappa shape index (κ1) is 27.6. The number of ether oxygens (including phenoxy) is 1. The number of rotatable bonds is 9. The average molecular weight is 541 g/mol. The molecular weight excluding hydrogens is 509 g/mol. The van der Waals surface area contributed by atoms with Crippen molar-refractivity contribution in [3.63, 3.8) is 0 Å². The number of aromatic amines is 1. The quantitative estimate of drug-likeness (QED) is 0.239. The van der Waals surface area contributed by atoms with Crippen molar-refractivity contribution in [1.82, 2.24) is 20.1 Å². The molecule has 0 aliphatic carbocycles. The number of amides is 4. The van der Waals surface area contributed by atoms with Gasteiger partial charge in [0.15, 0.2) is 28.9 Å². The van der Waals surface area contributed by atoms with E-state index in [1.165, 1.54) is 29.1 Å². The molecule has 1 unspecified atom stereocenters. The molecule has 0 radical (unpaired) electrons. The van der Waals surface area contributed by atoms with Crippen LogP contribution in [0.25, 0.3) is 11.0 Å².